The molecule has 0 aliphatic carbocycles. The standard InChI is InChI=1S/C18H16BrN3O4/c1-11-8-13(19)2-7-16(11)20-18(24)12-9-17(23)21(10-12)14-3-5-15(6-4-14)22(25)26/h2-8,12H,9-10H2,1H3,(H,20,24)/t12-/m0/s1. The Morgan fingerprint density at radius 2 is 1.96 bits per heavy atom. The molecule has 1 N–H and O–H groups in total. The normalized spacial score (nSPS) is 16.6. The number of hydrogen-bond donors (Lipinski definition) is 1. The molecule has 1 aliphatic heterocycles. The third kappa shape index (κ3) is 3.75. The predicted molar refractivity (Wildman–Crippen MR) is 101 cm³/mol. The number of nitro benzene ring substituents is 1. The van der Waals surface area contributed by atoms with Gasteiger partial charge in [0.05, 0.1) is 10.8 Å². The van der Waals surface area contributed by atoms with Crippen LogP contribution in [0.2, 0.25) is 0 Å². The van der Waals surface area contributed by atoms with Crippen molar-refractivity contribution in [3.63, 3.8) is 0 Å². The predicted octanol–water partition coefficient (Wildman–Crippen LogP) is 3.66. The minimum absolute atomic E-state index is 0.0413. The molecule has 3 rings (SSSR count). The summed E-state index contributed by atoms with van der Waals surface area (Å²) in [5.41, 5.74) is 2.14. The van der Waals surface area contributed by atoms with Crippen molar-refractivity contribution < 1.29 is 14.5 Å². The largest absolute Gasteiger partial charge is 0.326 e. The smallest absolute Gasteiger partial charge is 0.269 e. The number of nitrogens with zero attached hydrogens (tertiary/aromatic N) is 2. The van der Waals surface area contributed by atoms with E-state index < -0.39 is 10.8 Å². The second-order valence-electron chi connectivity index (χ2n) is 6.13. The molecule has 2 amide bonds. The van der Waals surface area contributed by atoms with Gasteiger partial charge in [-0.3, -0.25) is 19.7 Å². The zero-order valence-electron chi connectivity index (χ0n) is 13.9. The summed E-state index contributed by atoms with van der Waals surface area (Å²) in [6.07, 6.45) is 0.110. The van der Waals surface area contributed by atoms with Crippen LogP contribution >= 0.6 is 15.9 Å². The van der Waals surface area contributed by atoms with E-state index in [1.165, 1.54) is 29.2 Å². The lowest BCUT2D eigenvalue weighted by atomic mass is 10.1. The highest BCUT2D eigenvalue weighted by Crippen LogP contribution is 2.28. The molecule has 0 radical (unpaired) electrons. The Bertz CT molecular complexity index is 883. The highest BCUT2D eigenvalue weighted by atomic mass is 79.9. The fraction of sp³-hybridized carbons (Fsp3) is 0.222. The summed E-state index contributed by atoms with van der Waals surface area (Å²) in [6, 6.07) is 11.3. The first-order valence-corrected chi connectivity index (χ1v) is 8.76. The Balaban J connectivity index is 1.70. The summed E-state index contributed by atoms with van der Waals surface area (Å²) in [5.74, 6) is -0.861. The van der Waals surface area contributed by atoms with E-state index >= 15 is 0 Å². The van der Waals surface area contributed by atoms with E-state index in [1.54, 1.807) is 0 Å². The van der Waals surface area contributed by atoms with Crippen molar-refractivity contribution >= 4 is 44.8 Å². The van der Waals surface area contributed by atoms with Crippen molar-refractivity contribution in [2.45, 2.75) is 13.3 Å². The number of hydrogen-bond acceptors (Lipinski definition) is 4. The fourth-order valence-corrected chi connectivity index (χ4v) is 3.36. The Kier molecular flexibility index (Phi) is 5.03. The Morgan fingerprint density at radius 3 is 2.58 bits per heavy atom. The summed E-state index contributed by atoms with van der Waals surface area (Å²) in [6.45, 7) is 2.14. The molecule has 26 heavy (non-hydrogen) atoms. The summed E-state index contributed by atoms with van der Waals surface area (Å²) in [7, 11) is 0. The monoisotopic (exact) mass is 417 g/mol. The maximum absolute atomic E-state index is 12.5. The van der Waals surface area contributed by atoms with Gasteiger partial charge in [-0.1, -0.05) is 15.9 Å². The third-order valence-corrected chi connectivity index (χ3v) is 4.81. The molecule has 2 aromatic rings. The van der Waals surface area contributed by atoms with Crippen molar-refractivity contribution in [2.75, 3.05) is 16.8 Å². The number of aryl methyl sites for hydroxylation is 1. The maximum Gasteiger partial charge on any atom is 0.269 e. The zero-order chi connectivity index (χ0) is 18.8. The van der Waals surface area contributed by atoms with Crippen LogP contribution in [-0.4, -0.2) is 23.3 Å². The average molecular weight is 418 g/mol. The Morgan fingerprint density at radius 1 is 1.27 bits per heavy atom. The van der Waals surface area contributed by atoms with Gasteiger partial charge in [0.25, 0.3) is 5.69 Å². The van der Waals surface area contributed by atoms with Crippen molar-refractivity contribution in [1.82, 2.24) is 0 Å². The van der Waals surface area contributed by atoms with E-state index in [2.05, 4.69) is 21.2 Å². The molecule has 1 heterocycles. The molecule has 134 valence electrons. The molecule has 2 aromatic carbocycles. The Hall–Kier alpha value is -2.74. The van der Waals surface area contributed by atoms with Crippen LogP contribution < -0.4 is 10.2 Å². The van der Waals surface area contributed by atoms with Gasteiger partial charge < -0.3 is 10.2 Å². The summed E-state index contributed by atoms with van der Waals surface area (Å²) < 4.78 is 0.924. The SMILES string of the molecule is Cc1cc(Br)ccc1NC(=O)[C@H]1CC(=O)N(c2ccc([N+](=O)[O-])cc2)C1. The topological polar surface area (TPSA) is 92.6 Å². The molecule has 1 atom stereocenters. The number of carbonyl (C=O) groups excluding carboxylic acids is 2. The first-order chi connectivity index (χ1) is 12.3. The molecule has 0 bridgehead atoms. The van der Waals surface area contributed by atoms with Crippen molar-refractivity contribution in [3.05, 3.63) is 62.6 Å². The second-order valence-corrected chi connectivity index (χ2v) is 7.04. The molecular weight excluding hydrogens is 402 g/mol. The van der Waals surface area contributed by atoms with Crippen LogP contribution in [-0.2, 0) is 9.59 Å². The number of nitrogens with one attached hydrogen (secondary N) is 1. The van der Waals surface area contributed by atoms with Crippen LogP contribution in [0, 0.1) is 23.0 Å². The molecule has 1 aliphatic rings. The van der Waals surface area contributed by atoms with E-state index in [9.17, 15) is 19.7 Å². The lowest BCUT2D eigenvalue weighted by Gasteiger charge is -2.17. The van der Waals surface area contributed by atoms with Gasteiger partial charge in [0, 0.05) is 40.9 Å². The van der Waals surface area contributed by atoms with E-state index in [4.69, 9.17) is 0 Å². The quantitative estimate of drug-likeness (QED) is 0.606. The highest BCUT2D eigenvalue weighted by molar-refractivity contribution is 9.10. The number of nitro groups is 1. The number of rotatable bonds is 4. The van der Waals surface area contributed by atoms with E-state index in [0.717, 1.165) is 10.0 Å². The molecule has 1 fully saturated rings. The minimum Gasteiger partial charge on any atom is -0.326 e. The number of halogens is 1. The Labute approximate surface area is 158 Å². The molecule has 1 saturated heterocycles. The molecule has 7 nitrogen and oxygen atoms in total. The number of benzene rings is 2. The van der Waals surface area contributed by atoms with Crippen LogP contribution in [0.3, 0.4) is 0 Å². The second kappa shape index (κ2) is 7.25. The third-order valence-electron chi connectivity index (χ3n) is 4.31. The van der Waals surface area contributed by atoms with Gasteiger partial charge in [0.15, 0.2) is 0 Å². The van der Waals surface area contributed by atoms with Crippen LogP contribution in [0.15, 0.2) is 46.9 Å². The molecular formula is C18H16BrN3O4. The summed E-state index contributed by atoms with van der Waals surface area (Å²) in [5, 5.41) is 13.6. The number of carbonyl (C=O) groups is 2. The highest BCUT2D eigenvalue weighted by Gasteiger charge is 2.35. The van der Waals surface area contributed by atoms with Gasteiger partial charge in [-0.15, -0.1) is 0 Å². The van der Waals surface area contributed by atoms with Crippen LogP contribution in [0.5, 0.6) is 0 Å². The number of amides is 2. The van der Waals surface area contributed by atoms with Gasteiger partial charge in [-0.05, 0) is 42.8 Å². The number of anilines is 2. The van der Waals surface area contributed by atoms with Gasteiger partial charge in [0.1, 0.15) is 0 Å². The van der Waals surface area contributed by atoms with Gasteiger partial charge in [-0.2, -0.15) is 0 Å². The average Bonchev–Trinajstić information content (AvgIpc) is 2.99. The zero-order valence-corrected chi connectivity index (χ0v) is 15.5. The number of non-ortho nitro benzene ring substituents is 1. The van der Waals surface area contributed by atoms with Crippen molar-refractivity contribution in [2.24, 2.45) is 5.92 Å². The van der Waals surface area contributed by atoms with E-state index in [1.807, 2.05) is 25.1 Å². The lowest BCUT2D eigenvalue weighted by molar-refractivity contribution is -0.384. The minimum atomic E-state index is -0.494. The van der Waals surface area contributed by atoms with Crippen LogP contribution in [0.25, 0.3) is 0 Å². The van der Waals surface area contributed by atoms with E-state index in [-0.39, 0.29) is 30.5 Å². The first-order valence-electron chi connectivity index (χ1n) is 7.97. The lowest BCUT2D eigenvalue weighted by Crippen LogP contribution is -2.28. The molecule has 8 heteroatoms. The van der Waals surface area contributed by atoms with Crippen LogP contribution in [0.4, 0.5) is 17.1 Å². The first kappa shape index (κ1) is 18.1. The van der Waals surface area contributed by atoms with Gasteiger partial charge in [0.2, 0.25) is 11.8 Å². The van der Waals surface area contributed by atoms with Crippen molar-refractivity contribution in [3.8, 4) is 0 Å². The summed E-state index contributed by atoms with van der Waals surface area (Å²) >= 11 is 3.38. The van der Waals surface area contributed by atoms with Gasteiger partial charge in [-0.25, -0.2) is 0 Å². The van der Waals surface area contributed by atoms with Crippen molar-refractivity contribution in [1.29, 1.82) is 0 Å². The molecule has 0 aromatic heterocycles. The van der Waals surface area contributed by atoms with Gasteiger partial charge >= 0.3 is 0 Å². The van der Waals surface area contributed by atoms with Crippen LogP contribution in [0.1, 0.15) is 12.0 Å². The molecule has 0 spiro atoms. The fourth-order valence-electron chi connectivity index (χ4n) is 2.89. The maximum atomic E-state index is 12.5. The molecule has 0 saturated carbocycles. The van der Waals surface area contributed by atoms with E-state index in [0.29, 0.717) is 11.4 Å². The molecule has 0 unspecified atom stereocenters. The summed E-state index contributed by atoms with van der Waals surface area (Å²) in [4.78, 5) is 36.5.